The highest BCUT2D eigenvalue weighted by atomic mass is 19.4. The zero-order valence-electron chi connectivity index (χ0n) is 9.26. The van der Waals surface area contributed by atoms with Gasteiger partial charge in [0, 0.05) is 5.57 Å². The summed E-state index contributed by atoms with van der Waals surface area (Å²) >= 11 is 0. The maximum atomic E-state index is 11.7. The van der Waals surface area contributed by atoms with Crippen molar-refractivity contribution in [2.75, 3.05) is 20.3 Å². The van der Waals surface area contributed by atoms with Gasteiger partial charge in [0.1, 0.15) is 0 Å². The molecule has 0 aromatic carbocycles. The molecule has 0 spiro atoms. The van der Waals surface area contributed by atoms with Crippen LogP contribution in [0.1, 0.15) is 19.8 Å². The quantitative estimate of drug-likeness (QED) is 0.406. The van der Waals surface area contributed by atoms with Crippen molar-refractivity contribution in [3.63, 3.8) is 0 Å². The first-order valence-corrected chi connectivity index (χ1v) is 4.82. The third-order valence-electron chi connectivity index (χ3n) is 1.81. The molecule has 0 atom stereocenters. The van der Waals surface area contributed by atoms with Crippen LogP contribution in [0.15, 0.2) is 11.6 Å². The Balaban J connectivity index is 3.85. The number of ether oxygens (including phenoxy) is 2. The summed E-state index contributed by atoms with van der Waals surface area (Å²) < 4.78 is 44.4. The van der Waals surface area contributed by atoms with Crippen molar-refractivity contribution >= 4 is 5.97 Å². The first kappa shape index (κ1) is 15.0. The summed E-state index contributed by atoms with van der Waals surface area (Å²) in [4.78, 5) is 11.0. The van der Waals surface area contributed by atoms with E-state index < -0.39 is 25.2 Å². The highest BCUT2D eigenvalue weighted by Crippen LogP contribution is 2.18. The number of carbonyl (C=O) groups is 1. The van der Waals surface area contributed by atoms with Crippen molar-refractivity contribution in [2.24, 2.45) is 0 Å². The molecule has 0 aliphatic carbocycles. The fourth-order valence-corrected chi connectivity index (χ4v) is 0.934. The van der Waals surface area contributed by atoms with Gasteiger partial charge >= 0.3 is 12.1 Å². The monoisotopic (exact) mass is 240 g/mol. The lowest BCUT2D eigenvalue weighted by molar-refractivity contribution is -0.144. The van der Waals surface area contributed by atoms with Gasteiger partial charge in [-0.05, 0) is 12.5 Å². The predicted octanol–water partition coefficient (Wildman–Crippen LogP) is 2.46. The molecule has 0 amide bonds. The number of carbonyl (C=O) groups excluding carboxylic acids is 1. The molecule has 0 fully saturated rings. The minimum atomic E-state index is -4.21. The molecule has 0 heterocycles. The van der Waals surface area contributed by atoms with Crippen LogP contribution >= 0.6 is 0 Å². The van der Waals surface area contributed by atoms with E-state index >= 15 is 0 Å². The minimum Gasteiger partial charge on any atom is -0.466 e. The molecular weight excluding hydrogens is 225 g/mol. The average molecular weight is 240 g/mol. The van der Waals surface area contributed by atoms with Crippen molar-refractivity contribution in [1.29, 1.82) is 0 Å². The maximum absolute atomic E-state index is 11.7. The first-order valence-electron chi connectivity index (χ1n) is 4.82. The Kier molecular flexibility index (Phi) is 6.80. The highest BCUT2D eigenvalue weighted by molar-refractivity contribution is 5.88. The van der Waals surface area contributed by atoms with Crippen LogP contribution in [0.4, 0.5) is 13.2 Å². The summed E-state index contributed by atoms with van der Waals surface area (Å²) in [5, 5.41) is 0. The standard InChI is InChI=1S/C10H15F3O3/c1-3-8(9(14)15-2)4-6-16-7-5-10(11,12)13/h4H,3,5-7H2,1-2H3. The Hall–Kier alpha value is -1.04. The van der Waals surface area contributed by atoms with Crippen LogP contribution in [0.2, 0.25) is 0 Å². The van der Waals surface area contributed by atoms with E-state index in [1.54, 1.807) is 6.92 Å². The molecule has 0 radical (unpaired) electrons. The van der Waals surface area contributed by atoms with Crippen molar-refractivity contribution in [2.45, 2.75) is 25.9 Å². The van der Waals surface area contributed by atoms with E-state index in [2.05, 4.69) is 4.74 Å². The number of esters is 1. The van der Waals surface area contributed by atoms with E-state index in [0.717, 1.165) is 0 Å². The lowest BCUT2D eigenvalue weighted by Crippen LogP contribution is -2.12. The molecule has 16 heavy (non-hydrogen) atoms. The molecule has 6 heteroatoms. The molecule has 0 aliphatic rings. The lowest BCUT2D eigenvalue weighted by atomic mass is 10.2. The third-order valence-corrected chi connectivity index (χ3v) is 1.81. The number of alkyl halides is 3. The van der Waals surface area contributed by atoms with Gasteiger partial charge < -0.3 is 9.47 Å². The second-order valence-electron chi connectivity index (χ2n) is 3.01. The van der Waals surface area contributed by atoms with Gasteiger partial charge in [-0.1, -0.05) is 6.92 Å². The van der Waals surface area contributed by atoms with E-state index in [0.29, 0.717) is 12.0 Å². The van der Waals surface area contributed by atoms with Gasteiger partial charge in [0.2, 0.25) is 0 Å². The molecule has 0 aromatic rings. The fourth-order valence-electron chi connectivity index (χ4n) is 0.934. The Morgan fingerprint density at radius 2 is 2.00 bits per heavy atom. The average Bonchev–Trinajstić information content (AvgIpc) is 2.21. The van der Waals surface area contributed by atoms with Crippen LogP contribution in [0.3, 0.4) is 0 Å². The van der Waals surface area contributed by atoms with Gasteiger partial charge in [-0.2, -0.15) is 13.2 Å². The highest BCUT2D eigenvalue weighted by Gasteiger charge is 2.26. The van der Waals surface area contributed by atoms with E-state index in [9.17, 15) is 18.0 Å². The Bertz CT molecular complexity index is 246. The Morgan fingerprint density at radius 3 is 2.44 bits per heavy atom. The molecule has 0 saturated heterocycles. The van der Waals surface area contributed by atoms with E-state index in [1.807, 2.05) is 0 Å². The molecule has 0 aliphatic heterocycles. The number of rotatable bonds is 6. The summed E-state index contributed by atoms with van der Waals surface area (Å²) in [5.41, 5.74) is 0.398. The Labute approximate surface area is 92.2 Å². The smallest absolute Gasteiger partial charge is 0.391 e. The van der Waals surface area contributed by atoms with Gasteiger partial charge in [-0.25, -0.2) is 4.79 Å². The fraction of sp³-hybridized carbons (Fsp3) is 0.700. The Morgan fingerprint density at radius 1 is 1.38 bits per heavy atom. The van der Waals surface area contributed by atoms with Crippen molar-refractivity contribution in [3.05, 3.63) is 11.6 Å². The zero-order valence-corrected chi connectivity index (χ0v) is 9.26. The molecular formula is C10H15F3O3. The van der Waals surface area contributed by atoms with E-state index in [4.69, 9.17) is 4.74 Å². The lowest BCUT2D eigenvalue weighted by Gasteiger charge is -2.06. The van der Waals surface area contributed by atoms with Gasteiger partial charge in [-0.3, -0.25) is 0 Å². The van der Waals surface area contributed by atoms with Crippen LogP contribution in [0.25, 0.3) is 0 Å². The molecule has 0 bridgehead atoms. The summed E-state index contributed by atoms with van der Waals surface area (Å²) in [6, 6.07) is 0. The van der Waals surface area contributed by atoms with Gasteiger partial charge in [-0.15, -0.1) is 0 Å². The number of hydrogen-bond acceptors (Lipinski definition) is 3. The number of methoxy groups -OCH3 is 1. The van der Waals surface area contributed by atoms with Crippen molar-refractivity contribution in [3.8, 4) is 0 Å². The molecule has 0 unspecified atom stereocenters. The van der Waals surface area contributed by atoms with E-state index in [1.165, 1.54) is 13.2 Å². The van der Waals surface area contributed by atoms with Crippen LogP contribution < -0.4 is 0 Å². The largest absolute Gasteiger partial charge is 0.466 e. The molecule has 94 valence electrons. The van der Waals surface area contributed by atoms with Gasteiger partial charge in [0.25, 0.3) is 0 Å². The normalized spacial score (nSPS) is 12.7. The predicted molar refractivity (Wildman–Crippen MR) is 51.9 cm³/mol. The second-order valence-corrected chi connectivity index (χ2v) is 3.01. The van der Waals surface area contributed by atoms with Crippen molar-refractivity contribution in [1.82, 2.24) is 0 Å². The third kappa shape index (κ3) is 7.28. The minimum absolute atomic E-state index is 0.0195. The molecule has 3 nitrogen and oxygen atoms in total. The van der Waals surface area contributed by atoms with Crippen molar-refractivity contribution < 1.29 is 27.4 Å². The maximum Gasteiger partial charge on any atom is 0.391 e. The SMILES string of the molecule is CCC(=CCOCCC(F)(F)F)C(=O)OC. The van der Waals surface area contributed by atoms with Crippen LogP contribution in [0, 0.1) is 0 Å². The summed E-state index contributed by atoms with van der Waals surface area (Å²) in [6.45, 7) is 1.32. The first-order chi connectivity index (χ1) is 7.40. The van der Waals surface area contributed by atoms with E-state index in [-0.39, 0.29) is 6.61 Å². The van der Waals surface area contributed by atoms with Crippen LogP contribution in [0.5, 0.6) is 0 Å². The van der Waals surface area contributed by atoms with Crippen LogP contribution in [-0.2, 0) is 14.3 Å². The number of halogens is 3. The topological polar surface area (TPSA) is 35.5 Å². The summed E-state index contributed by atoms with van der Waals surface area (Å²) in [5.74, 6) is -0.484. The second kappa shape index (κ2) is 7.27. The van der Waals surface area contributed by atoms with Gasteiger partial charge in [0.15, 0.2) is 0 Å². The van der Waals surface area contributed by atoms with Gasteiger partial charge in [0.05, 0.1) is 26.7 Å². The molecule has 0 N–H and O–H groups in total. The van der Waals surface area contributed by atoms with Crippen LogP contribution in [-0.4, -0.2) is 32.5 Å². The molecule has 0 aromatic heterocycles. The summed E-state index contributed by atoms with van der Waals surface area (Å²) in [6.07, 6.45) is -3.31. The molecule has 0 rings (SSSR count). The zero-order chi connectivity index (χ0) is 12.6. The molecule has 0 saturated carbocycles. The summed E-state index contributed by atoms with van der Waals surface area (Å²) in [7, 11) is 1.25. The number of hydrogen-bond donors (Lipinski definition) is 0.